The van der Waals surface area contributed by atoms with Crippen LogP contribution in [0.3, 0.4) is 0 Å². The molecule has 0 saturated heterocycles. The molecule has 31 heavy (non-hydrogen) atoms. The lowest BCUT2D eigenvalue weighted by molar-refractivity contribution is -0.131. The molecule has 0 radical (unpaired) electrons. The summed E-state index contributed by atoms with van der Waals surface area (Å²) in [7, 11) is 2.93. The maximum Gasteiger partial charge on any atom is 0.254 e. The molecule has 0 heterocycles. The summed E-state index contributed by atoms with van der Waals surface area (Å²) in [4.78, 5) is 12.6. The maximum atomic E-state index is 14.9. The van der Waals surface area contributed by atoms with E-state index in [1.807, 2.05) is 24.3 Å². The summed E-state index contributed by atoms with van der Waals surface area (Å²) in [6.07, 6.45) is -1.09. The lowest BCUT2D eigenvalue weighted by Crippen LogP contribution is -2.30. The van der Waals surface area contributed by atoms with Gasteiger partial charge in [0.2, 0.25) is 0 Å². The molecular weight excluding hydrogens is 397 g/mol. The van der Waals surface area contributed by atoms with E-state index in [2.05, 4.69) is 5.32 Å². The first-order valence-corrected chi connectivity index (χ1v) is 9.60. The number of amidine groups is 1. The van der Waals surface area contributed by atoms with Crippen molar-refractivity contribution in [2.24, 2.45) is 5.73 Å². The summed E-state index contributed by atoms with van der Waals surface area (Å²) in [5, 5.41) is 10.2. The van der Waals surface area contributed by atoms with Crippen LogP contribution < -0.4 is 15.8 Å². The fourth-order valence-electron chi connectivity index (χ4n) is 3.18. The van der Waals surface area contributed by atoms with Crippen LogP contribution in [0.25, 0.3) is 11.1 Å². The van der Waals surface area contributed by atoms with Crippen molar-refractivity contribution in [2.75, 3.05) is 14.2 Å². The molecule has 6 nitrogen and oxygen atoms in total. The molecule has 3 rings (SSSR count). The molecule has 0 unspecified atom stereocenters. The number of carbonyl (C=O) groups is 1. The van der Waals surface area contributed by atoms with Gasteiger partial charge in [0.1, 0.15) is 17.4 Å². The van der Waals surface area contributed by atoms with Gasteiger partial charge >= 0.3 is 0 Å². The largest absolute Gasteiger partial charge is 0.497 e. The molecule has 0 aliphatic heterocycles. The summed E-state index contributed by atoms with van der Waals surface area (Å²) in [5.74, 6) is -0.338. The highest BCUT2D eigenvalue weighted by Gasteiger charge is 2.23. The SMILES string of the molecule is COc1cccc(-c2ccc([C@H](OC)C(=O)NCc3ccc(C(=N)N)cc3)c(F)c2)c1. The minimum atomic E-state index is -1.09. The van der Waals surface area contributed by atoms with Crippen LogP contribution in [0.5, 0.6) is 5.75 Å². The number of amides is 1. The van der Waals surface area contributed by atoms with Gasteiger partial charge in [-0.1, -0.05) is 48.5 Å². The Balaban J connectivity index is 1.73. The smallest absolute Gasteiger partial charge is 0.254 e. The van der Waals surface area contributed by atoms with Gasteiger partial charge in [-0.2, -0.15) is 0 Å². The predicted molar refractivity (Wildman–Crippen MR) is 117 cm³/mol. The summed E-state index contributed by atoms with van der Waals surface area (Å²) in [5.41, 5.74) is 8.48. The Bertz CT molecular complexity index is 1080. The first kappa shape index (κ1) is 22.0. The molecule has 0 bridgehead atoms. The minimum absolute atomic E-state index is 0.0251. The number of hydrogen-bond donors (Lipinski definition) is 3. The summed E-state index contributed by atoms with van der Waals surface area (Å²) < 4.78 is 25.4. The normalized spacial score (nSPS) is 11.6. The summed E-state index contributed by atoms with van der Waals surface area (Å²) in [6, 6.07) is 18.9. The second-order valence-corrected chi connectivity index (χ2v) is 6.91. The van der Waals surface area contributed by atoms with E-state index in [1.165, 1.54) is 13.2 Å². The maximum absolute atomic E-state index is 14.9. The quantitative estimate of drug-likeness (QED) is 0.381. The number of halogens is 1. The highest BCUT2D eigenvalue weighted by Crippen LogP contribution is 2.28. The van der Waals surface area contributed by atoms with E-state index in [1.54, 1.807) is 43.5 Å². The Morgan fingerprint density at radius 1 is 1.06 bits per heavy atom. The Kier molecular flexibility index (Phi) is 6.99. The molecular formula is C24H24FN3O3. The third-order valence-electron chi connectivity index (χ3n) is 4.89. The predicted octanol–water partition coefficient (Wildman–Crippen LogP) is 3.79. The first-order valence-electron chi connectivity index (χ1n) is 9.60. The van der Waals surface area contributed by atoms with Gasteiger partial charge in [-0.3, -0.25) is 10.2 Å². The molecule has 1 atom stereocenters. The van der Waals surface area contributed by atoms with Crippen molar-refractivity contribution < 1.29 is 18.7 Å². The zero-order valence-corrected chi connectivity index (χ0v) is 17.3. The second-order valence-electron chi connectivity index (χ2n) is 6.91. The molecule has 0 saturated carbocycles. The van der Waals surface area contributed by atoms with Gasteiger partial charge in [0.15, 0.2) is 6.10 Å². The molecule has 0 fully saturated rings. The molecule has 0 aromatic heterocycles. The van der Waals surface area contributed by atoms with Crippen LogP contribution in [0.15, 0.2) is 66.7 Å². The summed E-state index contributed by atoms with van der Waals surface area (Å²) >= 11 is 0. The van der Waals surface area contributed by atoms with Gasteiger partial charge in [-0.05, 0) is 34.9 Å². The number of nitrogens with two attached hydrogens (primary N) is 1. The van der Waals surface area contributed by atoms with Crippen LogP contribution in [-0.2, 0) is 16.1 Å². The molecule has 0 aliphatic carbocycles. The number of nitrogens with one attached hydrogen (secondary N) is 2. The number of hydrogen-bond acceptors (Lipinski definition) is 4. The van der Waals surface area contributed by atoms with E-state index in [4.69, 9.17) is 20.6 Å². The Morgan fingerprint density at radius 3 is 2.39 bits per heavy atom. The van der Waals surface area contributed by atoms with Crippen molar-refractivity contribution in [3.63, 3.8) is 0 Å². The van der Waals surface area contributed by atoms with Crippen LogP contribution >= 0.6 is 0 Å². The zero-order valence-electron chi connectivity index (χ0n) is 17.3. The van der Waals surface area contributed by atoms with Crippen LogP contribution in [0, 0.1) is 11.2 Å². The lowest BCUT2D eigenvalue weighted by atomic mass is 10.0. The van der Waals surface area contributed by atoms with E-state index in [9.17, 15) is 9.18 Å². The fourth-order valence-corrected chi connectivity index (χ4v) is 3.18. The molecule has 3 aromatic carbocycles. The van der Waals surface area contributed by atoms with Crippen molar-refractivity contribution in [1.29, 1.82) is 5.41 Å². The molecule has 0 spiro atoms. The van der Waals surface area contributed by atoms with Gasteiger partial charge in [0, 0.05) is 24.8 Å². The highest BCUT2D eigenvalue weighted by atomic mass is 19.1. The van der Waals surface area contributed by atoms with Gasteiger partial charge in [-0.15, -0.1) is 0 Å². The van der Waals surface area contributed by atoms with Gasteiger partial charge in [-0.25, -0.2) is 4.39 Å². The summed E-state index contributed by atoms with van der Waals surface area (Å²) in [6.45, 7) is 0.236. The Hall–Kier alpha value is -3.71. The Morgan fingerprint density at radius 2 is 1.77 bits per heavy atom. The third kappa shape index (κ3) is 5.26. The standard InChI is InChI=1S/C24H24FN3O3/c1-30-19-5-3-4-17(12-19)18-10-11-20(21(25)13-18)22(31-2)24(29)28-14-15-6-8-16(9-7-15)23(26)27/h3-13,22H,14H2,1-2H3,(H3,26,27)(H,28,29)/t22-/m0/s1. The van der Waals surface area contributed by atoms with E-state index < -0.39 is 17.8 Å². The van der Waals surface area contributed by atoms with Crippen LogP contribution in [0.1, 0.15) is 22.8 Å². The third-order valence-corrected chi connectivity index (χ3v) is 4.89. The monoisotopic (exact) mass is 421 g/mol. The minimum Gasteiger partial charge on any atom is -0.497 e. The fraction of sp³-hybridized carbons (Fsp3) is 0.167. The topological polar surface area (TPSA) is 97.4 Å². The second kappa shape index (κ2) is 9.86. The van der Waals surface area contributed by atoms with E-state index in [0.717, 1.165) is 11.1 Å². The Labute approximate surface area is 180 Å². The van der Waals surface area contributed by atoms with Crippen molar-refractivity contribution in [2.45, 2.75) is 12.6 Å². The number of carbonyl (C=O) groups excluding carboxylic acids is 1. The molecule has 7 heteroatoms. The van der Waals surface area contributed by atoms with E-state index in [-0.39, 0.29) is 17.9 Å². The molecule has 3 aromatic rings. The molecule has 1 amide bonds. The number of nitrogen functional groups attached to an aromatic ring is 1. The van der Waals surface area contributed by atoms with Crippen LogP contribution in [-0.4, -0.2) is 26.0 Å². The number of ether oxygens (including phenoxy) is 2. The average molecular weight is 421 g/mol. The molecule has 4 N–H and O–H groups in total. The van der Waals surface area contributed by atoms with Gasteiger partial charge in [0.05, 0.1) is 7.11 Å². The van der Waals surface area contributed by atoms with Crippen LogP contribution in [0.4, 0.5) is 4.39 Å². The average Bonchev–Trinajstić information content (AvgIpc) is 2.79. The lowest BCUT2D eigenvalue weighted by Gasteiger charge is -2.17. The molecule has 0 aliphatic rings. The molecule has 160 valence electrons. The van der Waals surface area contributed by atoms with E-state index >= 15 is 0 Å². The van der Waals surface area contributed by atoms with Crippen molar-refractivity contribution >= 4 is 11.7 Å². The highest BCUT2D eigenvalue weighted by molar-refractivity contribution is 5.94. The van der Waals surface area contributed by atoms with Crippen molar-refractivity contribution in [3.8, 4) is 16.9 Å². The number of rotatable bonds is 8. The van der Waals surface area contributed by atoms with Gasteiger partial charge in [0.25, 0.3) is 5.91 Å². The number of methoxy groups -OCH3 is 2. The zero-order chi connectivity index (χ0) is 22.4. The van der Waals surface area contributed by atoms with Crippen molar-refractivity contribution in [3.05, 3.63) is 89.2 Å². The van der Waals surface area contributed by atoms with E-state index in [0.29, 0.717) is 16.9 Å². The van der Waals surface area contributed by atoms with Crippen LogP contribution in [0.2, 0.25) is 0 Å². The number of benzene rings is 3. The van der Waals surface area contributed by atoms with Crippen molar-refractivity contribution in [1.82, 2.24) is 5.32 Å². The van der Waals surface area contributed by atoms with Gasteiger partial charge < -0.3 is 20.5 Å². The first-order chi connectivity index (χ1) is 14.9.